The van der Waals surface area contributed by atoms with E-state index in [1.165, 1.54) is 10.4 Å². The molecule has 0 aliphatic rings. The smallest absolute Gasteiger partial charge is 0.142 e. The van der Waals surface area contributed by atoms with E-state index >= 15 is 0 Å². The second-order valence-electron chi connectivity index (χ2n) is 4.54. The normalized spacial score (nSPS) is 10.2. The fourth-order valence-electron chi connectivity index (χ4n) is 2.11. The van der Waals surface area contributed by atoms with Gasteiger partial charge in [0, 0.05) is 16.6 Å². The van der Waals surface area contributed by atoms with Crippen LogP contribution in [0.3, 0.4) is 0 Å². The number of aromatic nitrogens is 2. The number of rotatable bonds is 3. The lowest BCUT2D eigenvalue weighted by Gasteiger charge is -2.08. The van der Waals surface area contributed by atoms with Crippen LogP contribution in [0.2, 0.25) is 0 Å². The van der Waals surface area contributed by atoms with Crippen molar-refractivity contribution in [2.45, 2.75) is 13.8 Å². The van der Waals surface area contributed by atoms with Gasteiger partial charge in [-0.05, 0) is 31.5 Å². The van der Waals surface area contributed by atoms with Crippen molar-refractivity contribution in [3.8, 4) is 5.75 Å². The highest BCUT2D eigenvalue weighted by molar-refractivity contribution is 7.18. The number of nitrogens with zero attached hydrogens (tertiary/aromatic N) is 2. The summed E-state index contributed by atoms with van der Waals surface area (Å²) >= 11 is 1.70. The van der Waals surface area contributed by atoms with Gasteiger partial charge >= 0.3 is 0 Å². The molecular formula is C15H16ClN3OS. The molecule has 1 aromatic carbocycles. The Kier molecular flexibility index (Phi) is 4.65. The van der Waals surface area contributed by atoms with Crippen molar-refractivity contribution in [2.24, 2.45) is 0 Å². The Morgan fingerprint density at radius 2 is 2.00 bits per heavy atom. The van der Waals surface area contributed by atoms with Gasteiger partial charge in [-0.25, -0.2) is 9.97 Å². The summed E-state index contributed by atoms with van der Waals surface area (Å²) in [6.45, 7) is 4.21. The second kappa shape index (κ2) is 6.28. The van der Waals surface area contributed by atoms with E-state index in [2.05, 4.69) is 29.1 Å². The molecule has 0 fully saturated rings. The molecule has 2 aromatic heterocycles. The van der Waals surface area contributed by atoms with Crippen molar-refractivity contribution in [3.63, 3.8) is 0 Å². The summed E-state index contributed by atoms with van der Waals surface area (Å²) in [4.78, 5) is 11.0. The van der Waals surface area contributed by atoms with Gasteiger partial charge in [-0.15, -0.1) is 23.7 Å². The van der Waals surface area contributed by atoms with Crippen LogP contribution in [-0.2, 0) is 0 Å². The highest BCUT2D eigenvalue weighted by atomic mass is 35.5. The van der Waals surface area contributed by atoms with E-state index in [4.69, 9.17) is 4.74 Å². The Hall–Kier alpha value is -1.85. The van der Waals surface area contributed by atoms with Crippen LogP contribution in [-0.4, -0.2) is 17.1 Å². The predicted octanol–water partition coefficient (Wildman–Crippen LogP) is 4.48. The molecule has 21 heavy (non-hydrogen) atoms. The number of hydrogen-bond acceptors (Lipinski definition) is 5. The first kappa shape index (κ1) is 15.5. The van der Waals surface area contributed by atoms with Crippen LogP contribution in [0.25, 0.3) is 10.2 Å². The van der Waals surface area contributed by atoms with Crippen LogP contribution < -0.4 is 10.1 Å². The van der Waals surface area contributed by atoms with Crippen LogP contribution >= 0.6 is 23.7 Å². The van der Waals surface area contributed by atoms with E-state index in [0.717, 1.165) is 27.5 Å². The van der Waals surface area contributed by atoms with Crippen LogP contribution in [0.15, 0.2) is 30.6 Å². The van der Waals surface area contributed by atoms with Crippen molar-refractivity contribution in [1.29, 1.82) is 0 Å². The van der Waals surface area contributed by atoms with E-state index in [1.54, 1.807) is 24.8 Å². The van der Waals surface area contributed by atoms with Crippen molar-refractivity contribution < 1.29 is 4.74 Å². The van der Waals surface area contributed by atoms with E-state index < -0.39 is 0 Å². The third-order valence-electron chi connectivity index (χ3n) is 3.30. The van der Waals surface area contributed by atoms with Gasteiger partial charge in [-0.1, -0.05) is 6.07 Å². The maximum Gasteiger partial charge on any atom is 0.142 e. The lowest BCUT2D eigenvalue weighted by Crippen LogP contribution is -1.96. The van der Waals surface area contributed by atoms with Crippen molar-refractivity contribution in [3.05, 3.63) is 41.0 Å². The molecule has 6 heteroatoms. The summed E-state index contributed by atoms with van der Waals surface area (Å²) in [5.74, 6) is 1.66. The summed E-state index contributed by atoms with van der Waals surface area (Å²) in [7, 11) is 1.66. The van der Waals surface area contributed by atoms with Gasteiger partial charge in [0.2, 0.25) is 0 Å². The van der Waals surface area contributed by atoms with Crippen LogP contribution in [0.1, 0.15) is 10.4 Å². The first-order valence-electron chi connectivity index (χ1n) is 6.31. The molecule has 0 aliphatic heterocycles. The monoisotopic (exact) mass is 321 g/mol. The number of thiophene rings is 1. The van der Waals surface area contributed by atoms with Gasteiger partial charge in [0.05, 0.1) is 12.5 Å². The summed E-state index contributed by atoms with van der Waals surface area (Å²) < 4.78 is 5.24. The van der Waals surface area contributed by atoms with E-state index in [1.807, 2.05) is 24.3 Å². The van der Waals surface area contributed by atoms with Gasteiger partial charge in [0.1, 0.15) is 22.7 Å². The van der Waals surface area contributed by atoms with Gasteiger partial charge in [0.15, 0.2) is 0 Å². The van der Waals surface area contributed by atoms with Crippen molar-refractivity contribution in [1.82, 2.24) is 9.97 Å². The number of nitrogens with one attached hydrogen (secondary N) is 1. The number of aryl methyl sites for hydroxylation is 2. The SMILES string of the molecule is COc1cccc(Nc2ncnc3sc(C)c(C)c23)c1.Cl. The first-order valence-corrected chi connectivity index (χ1v) is 7.12. The van der Waals surface area contributed by atoms with Crippen molar-refractivity contribution >= 4 is 45.5 Å². The number of fused-ring (bicyclic) bond motifs is 1. The van der Waals surface area contributed by atoms with E-state index in [-0.39, 0.29) is 12.4 Å². The van der Waals surface area contributed by atoms with E-state index in [9.17, 15) is 0 Å². The molecule has 0 spiro atoms. The van der Waals surface area contributed by atoms with Gasteiger partial charge in [-0.3, -0.25) is 0 Å². The van der Waals surface area contributed by atoms with Gasteiger partial charge in [-0.2, -0.15) is 0 Å². The van der Waals surface area contributed by atoms with E-state index in [0.29, 0.717) is 0 Å². The number of benzene rings is 1. The molecule has 3 rings (SSSR count). The topological polar surface area (TPSA) is 47.0 Å². The summed E-state index contributed by atoms with van der Waals surface area (Å²) in [5, 5.41) is 4.45. The quantitative estimate of drug-likeness (QED) is 0.772. The molecular weight excluding hydrogens is 306 g/mol. The number of hydrogen-bond donors (Lipinski definition) is 1. The minimum absolute atomic E-state index is 0. The third-order valence-corrected chi connectivity index (χ3v) is 4.41. The molecule has 0 unspecified atom stereocenters. The number of ether oxygens (including phenoxy) is 1. The first-order chi connectivity index (χ1) is 9.69. The number of anilines is 2. The fraction of sp³-hybridized carbons (Fsp3) is 0.200. The van der Waals surface area contributed by atoms with Gasteiger partial charge < -0.3 is 10.1 Å². The zero-order valence-corrected chi connectivity index (χ0v) is 13.6. The third kappa shape index (κ3) is 2.94. The predicted molar refractivity (Wildman–Crippen MR) is 90.4 cm³/mol. The van der Waals surface area contributed by atoms with Crippen molar-refractivity contribution in [2.75, 3.05) is 12.4 Å². The second-order valence-corrected chi connectivity index (χ2v) is 5.75. The minimum Gasteiger partial charge on any atom is -0.497 e. The molecule has 0 saturated heterocycles. The number of methoxy groups -OCH3 is 1. The Morgan fingerprint density at radius 3 is 2.76 bits per heavy atom. The molecule has 110 valence electrons. The highest BCUT2D eigenvalue weighted by Crippen LogP contribution is 2.34. The zero-order valence-electron chi connectivity index (χ0n) is 12.0. The maximum absolute atomic E-state index is 5.24. The van der Waals surface area contributed by atoms with Crippen LogP contribution in [0, 0.1) is 13.8 Å². The minimum atomic E-state index is 0. The van der Waals surface area contributed by atoms with Gasteiger partial charge in [0.25, 0.3) is 0 Å². The Balaban J connectivity index is 0.00000161. The molecule has 3 aromatic rings. The zero-order chi connectivity index (χ0) is 14.1. The molecule has 2 heterocycles. The molecule has 0 atom stereocenters. The largest absolute Gasteiger partial charge is 0.497 e. The lowest BCUT2D eigenvalue weighted by molar-refractivity contribution is 0.415. The molecule has 4 nitrogen and oxygen atoms in total. The molecule has 0 aliphatic carbocycles. The lowest BCUT2D eigenvalue weighted by atomic mass is 10.2. The molecule has 0 amide bonds. The molecule has 0 radical (unpaired) electrons. The summed E-state index contributed by atoms with van der Waals surface area (Å²) in [6.07, 6.45) is 1.60. The van der Waals surface area contributed by atoms with Crippen LogP contribution in [0.4, 0.5) is 11.5 Å². The molecule has 0 bridgehead atoms. The van der Waals surface area contributed by atoms with Crippen LogP contribution in [0.5, 0.6) is 5.75 Å². The highest BCUT2D eigenvalue weighted by Gasteiger charge is 2.12. The summed E-state index contributed by atoms with van der Waals surface area (Å²) in [5.41, 5.74) is 2.18. The Bertz CT molecular complexity index is 773. The summed E-state index contributed by atoms with van der Waals surface area (Å²) in [6, 6.07) is 7.81. The Labute approximate surface area is 133 Å². The molecule has 0 saturated carbocycles. The fourth-order valence-corrected chi connectivity index (χ4v) is 3.11. The maximum atomic E-state index is 5.24. The molecule has 1 N–H and O–H groups in total. The Morgan fingerprint density at radius 1 is 1.19 bits per heavy atom. The standard InChI is InChI=1S/C15H15N3OS.ClH/c1-9-10(2)20-15-13(9)14(16-8-17-15)18-11-5-4-6-12(7-11)19-3;/h4-8H,1-3H3,(H,16,17,18);1H. The average molecular weight is 322 g/mol. The number of halogens is 1. The average Bonchev–Trinajstić information content (AvgIpc) is 2.75.